The van der Waals surface area contributed by atoms with Gasteiger partial charge in [-0.1, -0.05) is 140 Å². The van der Waals surface area contributed by atoms with Crippen LogP contribution in [-0.4, -0.2) is 19.5 Å². The second-order valence-corrected chi connectivity index (χ2v) is 14.0. The Morgan fingerprint density at radius 3 is 1.59 bits per heavy atom. The van der Waals surface area contributed by atoms with Crippen LogP contribution in [0.5, 0.6) is 0 Å². The van der Waals surface area contributed by atoms with E-state index in [0.29, 0.717) is 17.5 Å². The summed E-state index contributed by atoms with van der Waals surface area (Å²) in [5.41, 5.74) is 12.2. The van der Waals surface area contributed by atoms with Crippen molar-refractivity contribution in [2.75, 3.05) is 0 Å². The number of hydrogen-bond acceptors (Lipinski definition) is 4. The summed E-state index contributed by atoms with van der Waals surface area (Å²) in [5.74, 6) is 1.86. The molecule has 0 aliphatic carbocycles. The summed E-state index contributed by atoms with van der Waals surface area (Å²) in [7, 11) is 0. The maximum absolute atomic E-state index is 6.50. The van der Waals surface area contributed by atoms with Crippen LogP contribution < -0.4 is 0 Å². The molecule has 5 nitrogen and oxygen atoms in total. The molecule has 0 fully saturated rings. The minimum Gasteiger partial charge on any atom is -0.456 e. The zero-order valence-electron chi connectivity index (χ0n) is 30.2. The van der Waals surface area contributed by atoms with Gasteiger partial charge >= 0.3 is 0 Å². The zero-order valence-corrected chi connectivity index (χ0v) is 30.2. The molecule has 0 spiro atoms. The number of para-hydroxylation sites is 2. The molecule has 0 N–H and O–H groups in total. The lowest BCUT2D eigenvalue weighted by Crippen LogP contribution is -2.01. The summed E-state index contributed by atoms with van der Waals surface area (Å²) in [6.07, 6.45) is 0. The number of benzene rings is 8. The predicted octanol–water partition coefficient (Wildman–Crippen LogP) is 13.2. The van der Waals surface area contributed by atoms with Crippen molar-refractivity contribution in [1.82, 2.24) is 19.5 Å². The third kappa shape index (κ3) is 5.37. The lowest BCUT2D eigenvalue weighted by Gasteiger charge is -2.13. The Labute approximate surface area is 322 Å². The molecule has 11 rings (SSSR count). The van der Waals surface area contributed by atoms with E-state index in [-0.39, 0.29) is 0 Å². The van der Waals surface area contributed by atoms with Gasteiger partial charge < -0.3 is 8.98 Å². The second-order valence-electron chi connectivity index (χ2n) is 14.0. The van der Waals surface area contributed by atoms with Gasteiger partial charge in [-0.25, -0.2) is 15.0 Å². The number of hydrogen-bond donors (Lipinski definition) is 0. The molecule has 0 saturated carbocycles. The average molecular weight is 717 g/mol. The van der Waals surface area contributed by atoms with Crippen LogP contribution in [-0.2, 0) is 0 Å². The molecule has 262 valence electrons. The number of nitrogens with zero attached hydrogens (tertiary/aromatic N) is 4. The molecule has 8 aromatic carbocycles. The van der Waals surface area contributed by atoms with Crippen LogP contribution in [0.25, 0.3) is 106 Å². The van der Waals surface area contributed by atoms with E-state index in [1.165, 1.54) is 5.39 Å². The van der Waals surface area contributed by atoms with Crippen molar-refractivity contribution >= 4 is 43.7 Å². The maximum atomic E-state index is 6.50. The second kappa shape index (κ2) is 13.0. The van der Waals surface area contributed by atoms with Gasteiger partial charge in [0.05, 0.1) is 11.0 Å². The van der Waals surface area contributed by atoms with Crippen molar-refractivity contribution < 1.29 is 4.42 Å². The Kier molecular flexibility index (Phi) is 7.42. The molecule has 5 heteroatoms. The monoisotopic (exact) mass is 716 g/mol. The van der Waals surface area contributed by atoms with Gasteiger partial charge in [0.2, 0.25) is 0 Å². The van der Waals surface area contributed by atoms with Crippen molar-refractivity contribution in [2.45, 2.75) is 0 Å². The SMILES string of the molecule is c1ccc(-c2ccc3c(c2)oc2ccc(-c4cc(-c5nc(-c6ccccc6)nc(-c6ccccc6)n5)cc5c4c4ccccc4n5-c4ccccc4)cc23)cc1. The van der Waals surface area contributed by atoms with E-state index in [1.807, 2.05) is 66.7 Å². The molecule has 3 heterocycles. The Bertz CT molecular complexity index is 3170. The fraction of sp³-hybridized carbons (Fsp3) is 0. The highest BCUT2D eigenvalue weighted by atomic mass is 16.3. The van der Waals surface area contributed by atoms with E-state index in [4.69, 9.17) is 19.4 Å². The first-order valence-electron chi connectivity index (χ1n) is 18.8. The predicted molar refractivity (Wildman–Crippen MR) is 229 cm³/mol. The average Bonchev–Trinajstić information content (AvgIpc) is 3.82. The normalized spacial score (nSPS) is 11.6. The summed E-state index contributed by atoms with van der Waals surface area (Å²) in [6.45, 7) is 0. The van der Waals surface area contributed by atoms with Crippen LogP contribution in [0.1, 0.15) is 0 Å². The summed E-state index contributed by atoms with van der Waals surface area (Å²) < 4.78 is 8.85. The van der Waals surface area contributed by atoms with Crippen molar-refractivity contribution in [3.8, 4) is 62.1 Å². The molecule has 0 atom stereocenters. The Morgan fingerprint density at radius 2 is 0.911 bits per heavy atom. The molecule has 0 amide bonds. The maximum Gasteiger partial charge on any atom is 0.164 e. The fourth-order valence-corrected chi connectivity index (χ4v) is 8.00. The molecular weight excluding hydrogens is 685 g/mol. The smallest absolute Gasteiger partial charge is 0.164 e. The number of rotatable bonds is 6. The van der Waals surface area contributed by atoms with Gasteiger partial charge in [0, 0.05) is 43.9 Å². The molecule has 0 aliphatic rings. The summed E-state index contributed by atoms with van der Waals surface area (Å²) in [5, 5.41) is 4.48. The van der Waals surface area contributed by atoms with Crippen LogP contribution in [0.2, 0.25) is 0 Å². The van der Waals surface area contributed by atoms with Crippen molar-refractivity contribution in [3.05, 3.63) is 194 Å². The molecule has 0 bridgehead atoms. The highest BCUT2D eigenvalue weighted by Gasteiger charge is 2.21. The van der Waals surface area contributed by atoms with Crippen LogP contribution in [0.3, 0.4) is 0 Å². The van der Waals surface area contributed by atoms with E-state index in [1.54, 1.807) is 0 Å². The summed E-state index contributed by atoms with van der Waals surface area (Å²) in [4.78, 5) is 15.3. The third-order valence-corrected chi connectivity index (χ3v) is 10.6. The largest absolute Gasteiger partial charge is 0.456 e. The standard InChI is InChI=1S/C51H32N4O/c1-5-15-33(16-6-1)36-25-27-40-43-29-37(26-28-46(43)56-47(40)32-36)42-30-38(31-45-48(42)41-23-13-14-24-44(41)55(45)39-21-11-4-12-22-39)51-53-49(34-17-7-2-8-18-34)52-50(54-51)35-19-9-3-10-20-35/h1-32H. The molecule has 0 saturated heterocycles. The number of furan rings is 1. The molecule has 0 unspecified atom stereocenters. The van der Waals surface area contributed by atoms with Crippen molar-refractivity contribution in [3.63, 3.8) is 0 Å². The van der Waals surface area contributed by atoms with E-state index < -0.39 is 0 Å². The van der Waals surface area contributed by atoms with Crippen LogP contribution in [0.4, 0.5) is 0 Å². The van der Waals surface area contributed by atoms with Crippen LogP contribution in [0, 0.1) is 0 Å². The van der Waals surface area contributed by atoms with Gasteiger partial charge in [0.25, 0.3) is 0 Å². The molecule has 3 aromatic heterocycles. The van der Waals surface area contributed by atoms with E-state index in [2.05, 4.69) is 132 Å². The van der Waals surface area contributed by atoms with E-state index >= 15 is 0 Å². The van der Waals surface area contributed by atoms with Crippen molar-refractivity contribution in [2.24, 2.45) is 0 Å². The Morgan fingerprint density at radius 1 is 0.339 bits per heavy atom. The van der Waals surface area contributed by atoms with Gasteiger partial charge in [0.1, 0.15) is 11.2 Å². The number of fused-ring (bicyclic) bond motifs is 6. The number of aromatic nitrogens is 4. The van der Waals surface area contributed by atoms with Gasteiger partial charge in [-0.05, 0) is 76.9 Å². The molecular formula is C51H32N4O. The lowest BCUT2D eigenvalue weighted by atomic mass is 9.95. The summed E-state index contributed by atoms with van der Waals surface area (Å²) in [6, 6.07) is 67.5. The molecule has 11 aromatic rings. The van der Waals surface area contributed by atoms with Gasteiger partial charge in [-0.3, -0.25) is 0 Å². The molecule has 0 aliphatic heterocycles. The Balaban J connectivity index is 1.19. The van der Waals surface area contributed by atoms with Crippen LogP contribution in [0.15, 0.2) is 199 Å². The van der Waals surface area contributed by atoms with E-state index in [0.717, 1.165) is 83.0 Å². The van der Waals surface area contributed by atoms with Gasteiger partial charge in [0.15, 0.2) is 17.5 Å². The quantitative estimate of drug-likeness (QED) is 0.172. The highest BCUT2D eigenvalue weighted by molar-refractivity contribution is 6.18. The zero-order chi connectivity index (χ0) is 37.0. The van der Waals surface area contributed by atoms with Crippen molar-refractivity contribution in [1.29, 1.82) is 0 Å². The minimum absolute atomic E-state index is 0.606. The minimum atomic E-state index is 0.606. The Hall–Kier alpha value is -7.63. The van der Waals surface area contributed by atoms with Crippen LogP contribution >= 0.6 is 0 Å². The molecule has 0 radical (unpaired) electrons. The lowest BCUT2D eigenvalue weighted by molar-refractivity contribution is 0.669. The summed E-state index contributed by atoms with van der Waals surface area (Å²) >= 11 is 0. The highest BCUT2D eigenvalue weighted by Crippen LogP contribution is 2.43. The molecule has 56 heavy (non-hydrogen) atoms. The van der Waals surface area contributed by atoms with Gasteiger partial charge in [-0.2, -0.15) is 0 Å². The topological polar surface area (TPSA) is 56.7 Å². The third-order valence-electron chi connectivity index (χ3n) is 10.6. The van der Waals surface area contributed by atoms with E-state index in [9.17, 15) is 0 Å². The van der Waals surface area contributed by atoms with Gasteiger partial charge in [-0.15, -0.1) is 0 Å². The first-order chi connectivity index (χ1) is 27.7. The first-order valence-corrected chi connectivity index (χ1v) is 18.8. The fourth-order valence-electron chi connectivity index (χ4n) is 8.00. The first kappa shape index (κ1) is 31.9.